The van der Waals surface area contributed by atoms with E-state index in [-0.39, 0.29) is 12.4 Å². The lowest BCUT2D eigenvalue weighted by Gasteiger charge is -2.29. The van der Waals surface area contributed by atoms with Crippen LogP contribution in [0.2, 0.25) is 0 Å². The molecular formula is C11H14O7. The van der Waals surface area contributed by atoms with Crippen molar-refractivity contribution in [3.05, 3.63) is 12.0 Å². The fourth-order valence-electron chi connectivity index (χ4n) is 1.43. The first-order valence-corrected chi connectivity index (χ1v) is 5.24. The van der Waals surface area contributed by atoms with Crippen LogP contribution in [0.15, 0.2) is 12.0 Å². The molecule has 0 spiro atoms. The minimum Gasteiger partial charge on any atom is -0.493 e. The molecule has 0 N–H and O–H groups in total. The van der Waals surface area contributed by atoms with E-state index in [9.17, 15) is 14.4 Å². The molecule has 18 heavy (non-hydrogen) atoms. The van der Waals surface area contributed by atoms with Gasteiger partial charge in [0.05, 0.1) is 0 Å². The highest BCUT2D eigenvalue weighted by Crippen LogP contribution is 2.21. The molecule has 0 aromatic rings. The highest BCUT2D eigenvalue weighted by molar-refractivity contribution is 5.69. The normalized spacial score (nSPS) is 22.3. The average molecular weight is 258 g/mol. The van der Waals surface area contributed by atoms with Gasteiger partial charge in [0.1, 0.15) is 12.9 Å². The maximum atomic E-state index is 11.0. The van der Waals surface area contributed by atoms with E-state index in [0.29, 0.717) is 0 Å². The van der Waals surface area contributed by atoms with Gasteiger partial charge in [-0.1, -0.05) is 0 Å². The van der Waals surface area contributed by atoms with Crippen LogP contribution < -0.4 is 0 Å². The van der Waals surface area contributed by atoms with Crippen LogP contribution in [-0.4, -0.2) is 36.7 Å². The van der Waals surface area contributed by atoms with E-state index < -0.39 is 30.1 Å². The van der Waals surface area contributed by atoms with Crippen LogP contribution >= 0.6 is 0 Å². The molecule has 1 aliphatic heterocycles. The van der Waals surface area contributed by atoms with Gasteiger partial charge in [-0.3, -0.25) is 14.4 Å². The first-order chi connectivity index (χ1) is 8.40. The number of hydrogen-bond donors (Lipinski definition) is 0. The molecule has 100 valence electrons. The molecule has 1 aliphatic rings. The zero-order chi connectivity index (χ0) is 13.7. The second-order valence-corrected chi connectivity index (χ2v) is 3.63. The standard InChI is InChI=1S/C11H14O7/c1-6(12)16-9-4-15-5-10(17-7(2)13)11(9)18-8(3)14/h4,10-11H,5H2,1-3H3/t10-,11+/m0/s1. The Morgan fingerprint density at radius 3 is 2.22 bits per heavy atom. The zero-order valence-electron chi connectivity index (χ0n) is 10.3. The van der Waals surface area contributed by atoms with Crippen LogP contribution in [0.1, 0.15) is 20.8 Å². The van der Waals surface area contributed by atoms with Gasteiger partial charge in [-0.05, 0) is 0 Å². The number of rotatable bonds is 3. The van der Waals surface area contributed by atoms with Crippen LogP contribution in [0.3, 0.4) is 0 Å². The maximum Gasteiger partial charge on any atom is 0.307 e. The summed E-state index contributed by atoms with van der Waals surface area (Å²) in [4.78, 5) is 32.8. The second kappa shape index (κ2) is 6.04. The Hall–Kier alpha value is -2.05. The third-order valence-electron chi connectivity index (χ3n) is 1.95. The average Bonchev–Trinajstić information content (AvgIpc) is 2.20. The van der Waals surface area contributed by atoms with Crippen LogP contribution in [-0.2, 0) is 33.3 Å². The molecule has 0 aliphatic carbocycles. The van der Waals surface area contributed by atoms with Crippen molar-refractivity contribution < 1.29 is 33.3 Å². The van der Waals surface area contributed by atoms with Crippen molar-refractivity contribution in [1.29, 1.82) is 0 Å². The summed E-state index contributed by atoms with van der Waals surface area (Å²) in [5.74, 6) is -1.73. The van der Waals surface area contributed by atoms with E-state index in [1.54, 1.807) is 0 Å². The summed E-state index contributed by atoms with van der Waals surface area (Å²) in [6.07, 6.45) is -0.663. The number of carbonyl (C=O) groups is 3. The molecule has 0 radical (unpaired) electrons. The Morgan fingerprint density at radius 2 is 1.72 bits per heavy atom. The predicted octanol–water partition coefficient (Wildman–Crippen LogP) is 0.284. The Bertz CT molecular complexity index is 385. The molecule has 0 bridgehead atoms. The quantitative estimate of drug-likeness (QED) is 0.530. The van der Waals surface area contributed by atoms with Gasteiger partial charge in [0, 0.05) is 20.8 Å². The van der Waals surface area contributed by atoms with E-state index in [4.69, 9.17) is 18.9 Å². The highest BCUT2D eigenvalue weighted by atomic mass is 16.6. The number of esters is 3. The van der Waals surface area contributed by atoms with E-state index in [0.717, 1.165) is 6.26 Å². The first kappa shape index (κ1) is 14.0. The van der Waals surface area contributed by atoms with E-state index >= 15 is 0 Å². The summed E-state index contributed by atoms with van der Waals surface area (Å²) in [5.41, 5.74) is 0. The molecule has 1 rings (SSSR count). The molecule has 0 fully saturated rings. The molecule has 7 nitrogen and oxygen atoms in total. The molecule has 7 heteroatoms. The van der Waals surface area contributed by atoms with Gasteiger partial charge < -0.3 is 18.9 Å². The zero-order valence-corrected chi connectivity index (χ0v) is 10.3. The monoisotopic (exact) mass is 258 g/mol. The molecule has 0 aromatic carbocycles. The molecular weight excluding hydrogens is 244 g/mol. The van der Waals surface area contributed by atoms with Crippen LogP contribution in [0.25, 0.3) is 0 Å². The molecule has 0 saturated carbocycles. The van der Waals surface area contributed by atoms with Crippen LogP contribution in [0.5, 0.6) is 0 Å². The molecule has 2 atom stereocenters. The predicted molar refractivity (Wildman–Crippen MR) is 56.9 cm³/mol. The summed E-state index contributed by atoms with van der Waals surface area (Å²) < 4.78 is 19.8. The van der Waals surface area contributed by atoms with E-state index in [2.05, 4.69) is 0 Å². The van der Waals surface area contributed by atoms with Crippen molar-refractivity contribution in [2.24, 2.45) is 0 Å². The highest BCUT2D eigenvalue weighted by Gasteiger charge is 2.36. The van der Waals surface area contributed by atoms with Crippen molar-refractivity contribution in [2.45, 2.75) is 33.0 Å². The smallest absolute Gasteiger partial charge is 0.307 e. The number of hydrogen-bond acceptors (Lipinski definition) is 7. The van der Waals surface area contributed by atoms with Crippen molar-refractivity contribution in [3.8, 4) is 0 Å². The molecule has 0 amide bonds. The lowest BCUT2D eigenvalue weighted by atomic mass is 10.1. The van der Waals surface area contributed by atoms with Crippen LogP contribution in [0.4, 0.5) is 0 Å². The summed E-state index contributed by atoms with van der Waals surface area (Å²) in [6.45, 7) is 3.63. The minimum absolute atomic E-state index is 0.00444. The van der Waals surface area contributed by atoms with E-state index in [1.165, 1.54) is 20.8 Å². The SMILES string of the molecule is CC(=O)OC1=COC[C@H](OC(C)=O)[C@@H]1OC(C)=O. The second-order valence-electron chi connectivity index (χ2n) is 3.63. The lowest BCUT2D eigenvalue weighted by Crippen LogP contribution is -2.42. The Balaban J connectivity index is 2.86. The molecule has 0 aromatic heterocycles. The molecule has 0 unspecified atom stereocenters. The first-order valence-electron chi connectivity index (χ1n) is 5.24. The fraction of sp³-hybridized carbons (Fsp3) is 0.545. The minimum atomic E-state index is -0.982. The Morgan fingerprint density at radius 1 is 1.11 bits per heavy atom. The summed E-state index contributed by atoms with van der Waals surface area (Å²) in [7, 11) is 0. The Kier molecular flexibility index (Phi) is 4.70. The number of ether oxygens (including phenoxy) is 4. The summed E-state index contributed by atoms with van der Waals surface area (Å²) in [6, 6.07) is 0. The third-order valence-corrected chi connectivity index (χ3v) is 1.95. The maximum absolute atomic E-state index is 11.0. The van der Waals surface area contributed by atoms with Gasteiger partial charge >= 0.3 is 17.9 Å². The third kappa shape index (κ3) is 4.08. The van der Waals surface area contributed by atoms with Gasteiger partial charge in [0.25, 0.3) is 0 Å². The van der Waals surface area contributed by atoms with Gasteiger partial charge in [0.15, 0.2) is 11.9 Å². The van der Waals surface area contributed by atoms with Crippen LogP contribution in [0, 0.1) is 0 Å². The summed E-state index contributed by atoms with van der Waals surface area (Å²) >= 11 is 0. The van der Waals surface area contributed by atoms with Crippen molar-refractivity contribution in [2.75, 3.05) is 6.61 Å². The molecule has 0 saturated heterocycles. The van der Waals surface area contributed by atoms with E-state index in [1.807, 2.05) is 0 Å². The van der Waals surface area contributed by atoms with Gasteiger partial charge in [0.2, 0.25) is 6.10 Å². The van der Waals surface area contributed by atoms with Gasteiger partial charge in [-0.2, -0.15) is 0 Å². The van der Waals surface area contributed by atoms with Crippen molar-refractivity contribution in [1.82, 2.24) is 0 Å². The summed E-state index contributed by atoms with van der Waals surface area (Å²) in [5, 5.41) is 0. The lowest BCUT2D eigenvalue weighted by molar-refractivity contribution is -0.173. The topological polar surface area (TPSA) is 88.1 Å². The van der Waals surface area contributed by atoms with Gasteiger partial charge in [-0.15, -0.1) is 0 Å². The van der Waals surface area contributed by atoms with Gasteiger partial charge in [-0.25, -0.2) is 0 Å². The number of carbonyl (C=O) groups excluding carboxylic acids is 3. The fourth-order valence-corrected chi connectivity index (χ4v) is 1.43. The Labute approximate surface area is 104 Å². The van der Waals surface area contributed by atoms with Crippen molar-refractivity contribution >= 4 is 17.9 Å². The van der Waals surface area contributed by atoms with Crippen molar-refractivity contribution in [3.63, 3.8) is 0 Å². The largest absolute Gasteiger partial charge is 0.493 e. The molecule has 1 heterocycles.